The molecule has 1 N–H and O–H groups in total. The molecule has 0 fully saturated rings. The Kier molecular flexibility index (Phi) is 6.82. The summed E-state index contributed by atoms with van der Waals surface area (Å²) in [7, 11) is 4.64. The molecule has 1 atom stereocenters. The molecule has 1 amide bonds. The van der Waals surface area contributed by atoms with Gasteiger partial charge in [0, 0.05) is 0 Å². The Morgan fingerprint density at radius 2 is 1.73 bits per heavy atom. The second-order valence-electron chi connectivity index (χ2n) is 7.48. The number of amides is 1. The van der Waals surface area contributed by atoms with E-state index in [1.807, 2.05) is 24.3 Å². The highest BCUT2D eigenvalue weighted by Crippen LogP contribution is 2.38. The molecule has 0 spiro atoms. The molecule has 3 rings (SSSR count). The molecule has 3 aromatic rings. The molecule has 1 heterocycles. The van der Waals surface area contributed by atoms with Gasteiger partial charge in [-0.05, 0) is 42.2 Å². The Labute approximate surface area is 176 Å². The van der Waals surface area contributed by atoms with Gasteiger partial charge in [0.2, 0.25) is 17.5 Å². The van der Waals surface area contributed by atoms with Crippen molar-refractivity contribution in [2.24, 2.45) is 5.92 Å². The van der Waals surface area contributed by atoms with Crippen LogP contribution in [-0.4, -0.2) is 32.2 Å². The zero-order valence-electron chi connectivity index (χ0n) is 18.0. The number of ether oxygens (including phenoxy) is 3. The average molecular weight is 412 g/mol. The zero-order valence-corrected chi connectivity index (χ0v) is 18.0. The van der Waals surface area contributed by atoms with Gasteiger partial charge in [-0.25, -0.2) is 4.98 Å². The monoisotopic (exact) mass is 412 g/mol. The summed E-state index contributed by atoms with van der Waals surface area (Å²) in [6, 6.07) is 10.8. The van der Waals surface area contributed by atoms with E-state index < -0.39 is 0 Å². The Balaban J connectivity index is 1.81. The van der Waals surface area contributed by atoms with Gasteiger partial charge < -0.3 is 23.9 Å². The fraction of sp³-hybridized carbons (Fsp3) is 0.391. The van der Waals surface area contributed by atoms with Crippen LogP contribution in [0.15, 0.2) is 40.8 Å². The quantitative estimate of drug-likeness (QED) is 0.564. The molecule has 1 aromatic heterocycles. The molecule has 0 saturated carbocycles. The number of nitrogens with one attached hydrogen (secondary N) is 1. The van der Waals surface area contributed by atoms with Crippen LogP contribution >= 0.6 is 0 Å². The van der Waals surface area contributed by atoms with Crippen molar-refractivity contribution in [1.82, 2.24) is 10.3 Å². The van der Waals surface area contributed by atoms with Crippen molar-refractivity contribution in [1.29, 1.82) is 0 Å². The lowest BCUT2D eigenvalue weighted by atomic mass is 10.0. The third-order valence-corrected chi connectivity index (χ3v) is 4.74. The van der Waals surface area contributed by atoms with Gasteiger partial charge in [0.05, 0.1) is 27.8 Å². The predicted molar refractivity (Wildman–Crippen MR) is 114 cm³/mol. The standard InChI is InChI=1S/C23H28N2O5/c1-14(2)10-17(23-25-16-8-6-7-9-18(16)30-23)24-21(26)13-15-11-19(27-3)22(29-5)20(12-15)28-4/h6-9,11-12,14,17H,10,13H2,1-5H3,(H,24,26)/t17-/m0/s1. The zero-order chi connectivity index (χ0) is 21.7. The van der Waals surface area contributed by atoms with Crippen molar-refractivity contribution in [3.63, 3.8) is 0 Å². The molecule has 0 saturated heterocycles. The van der Waals surface area contributed by atoms with Crippen molar-refractivity contribution in [2.75, 3.05) is 21.3 Å². The van der Waals surface area contributed by atoms with E-state index in [1.165, 1.54) is 0 Å². The summed E-state index contributed by atoms with van der Waals surface area (Å²) in [5, 5.41) is 3.07. The summed E-state index contributed by atoms with van der Waals surface area (Å²) >= 11 is 0. The SMILES string of the molecule is COc1cc(CC(=O)N[C@@H](CC(C)C)c2nc3ccccc3o2)cc(OC)c1OC. The van der Waals surface area contributed by atoms with Crippen molar-refractivity contribution in [3.8, 4) is 17.2 Å². The fourth-order valence-corrected chi connectivity index (χ4v) is 3.40. The highest BCUT2D eigenvalue weighted by molar-refractivity contribution is 5.80. The predicted octanol–water partition coefficient (Wildman–Crippen LogP) is 4.30. The number of hydrogen-bond donors (Lipinski definition) is 1. The Hall–Kier alpha value is -3.22. The maximum atomic E-state index is 12.9. The van der Waals surface area contributed by atoms with Crippen LogP contribution in [0.4, 0.5) is 0 Å². The van der Waals surface area contributed by atoms with Crippen LogP contribution in [0.3, 0.4) is 0 Å². The number of oxazole rings is 1. The first-order valence-electron chi connectivity index (χ1n) is 9.88. The lowest BCUT2D eigenvalue weighted by molar-refractivity contribution is -0.121. The van der Waals surface area contributed by atoms with Gasteiger partial charge in [-0.3, -0.25) is 4.79 Å². The van der Waals surface area contributed by atoms with E-state index in [1.54, 1.807) is 33.5 Å². The van der Waals surface area contributed by atoms with Crippen LogP contribution in [-0.2, 0) is 11.2 Å². The van der Waals surface area contributed by atoms with E-state index in [9.17, 15) is 4.79 Å². The van der Waals surface area contributed by atoms with Gasteiger partial charge in [-0.15, -0.1) is 0 Å². The lowest BCUT2D eigenvalue weighted by Gasteiger charge is -2.18. The Morgan fingerprint density at radius 1 is 1.07 bits per heavy atom. The van der Waals surface area contributed by atoms with Gasteiger partial charge in [0.1, 0.15) is 11.6 Å². The number of aromatic nitrogens is 1. The van der Waals surface area contributed by atoms with Crippen LogP contribution in [0, 0.1) is 5.92 Å². The number of para-hydroxylation sites is 2. The topological polar surface area (TPSA) is 82.8 Å². The first kappa shape index (κ1) is 21.5. The minimum atomic E-state index is -0.313. The molecule has 7 nitrogen and oxygen atoms in total. The van der Waals surface area contributed by atoms with E-state index in [0.717, 1.165) is 11.1 Å². The number of hydrogen-bond acceptors (Lipinski definition) is 6. The fourth-order valence-electron chi connectivity index (χ4n) is 3.40. The van der Waals surface area contributed by atoms with Gasteiger partial charge in [-0.2, -0.15) is 0 Å². The number of fused-ring (bicyclic) bond motifs is 1. The Morgan fingerprint density at radius 3 is 2.30 bits per heavy atom. The van der Waals surface area contributed by atoms with Crippen molar-refractivity contribution in [3.05, 3.63) is 47.9 Å². The molecule has 0 bridgehead atoms. The van der Waals surface area contributed by atoms with Gasteiger partial charge in [0.15, 0.2) is 17.1 Å². The highest BCUT2D eigenvalue weighted by atomic mass is 16.5. The highest BCUT2D eigenvalue weighted by Gasteiger charge is 2.22. The summed E-state index contributed by atoms with van der Waals surface area (Å²) in [6.07, 6.45) is 0.874. The second kappa shape index (κ2) is 9.52. The van der Waals surface area contributed by atoms with Crippen molar-refractivity contribution >= 4 is 17.0 Å². The summed E-state index contributed by atoms with van der Waals surface area (Å²) in [4.78, 5) is 17.4. The minimum absolute atomic E-state index is 0.142. The van der Waals surface area contributed by atoms with Gasteiger partial charge in [-0.1, -0.05) is 26.0 Å². The molecule has 30 heavy (non-hydrogen) atoms. The summed E-state index contributed by atoms with van der Waals surface area (Å²) in [5.41, 5.74) is 2.24. The third kappa shape index (κ3) is 4.84. The first-order valence-corrected chi connectivity index (χ1v) is 9.88. The minimum Gasteiger partial charge on any atom is -0.493 e. The van der Waals surface area contributed by atoms with E-state index >= 15 is 0 Å². The van der Waals surface area contributed by atoms with Crippen LogP contribution in [0.2, 0.25) is 0 Å². The van der Waals surface area contributed by atoms with Gasteiger partial charge >= 0.3 is 0 Å². The molecule has 0 unspecified atom stereocenters. The molecule has 2 aromatic carbocycles. The molecule has 0 aliphatic heterocycles. The second-order valence-corrected chi connectivity index (χ2v) is 7.48. The molecule has 0 aliphatic rings. The van der Waals surface area contributed by atoms with Crippen molar-refractivity contribution in [2.45, 2.75) is 32.7 Å². The summed E-state index contributed by atoms with van der Waals surface area (Å²) < 4.78 is 22.0. The largest absolute Gasteiger partial charge is 0.493 e. The normalized spacial score (nSPS) is 12.1. The smallest absolute Gasteiger partial charge is 0.225 e. The third-order valence-electron chi connectivity index (χ3n) is 4.74. The number of nitrogens with zero attached hydrogens (tertiary/aromatic N) is 1. The molecular formula is C23H28N2O5. The van der Waals surface area contributed by atoms with E-state index in [0.29, 0.717) is 41.1 Å². The number of carbonyl (C=O) groups excluding carboxylic acids is 1. The number of methoxy groups -OCH3 is 3. The number of rotatable bonds is 9. The maximum absolute atomic E-state index is 12.9. The van der Waals surface area contributed by atoms with Gasteiger partial charge in [0.25, 0.3) is 0 Å². The maximum Gasteiger partial charge on any atom is 0.225 e. The Bertz CT molecular complexity index is 954. The number of benzene rings is 2. The molecule has 0 aliphatic carbocycles. The average Bonchev–Trinajstić information content (AvgIpc) is 3.16. The summed E-state index contributed by atoms with van der Waals surface area (Å²) in [5.74, 6) is 2.25. The molecule has 7 heteroatoms. The molecular weight excluding hydrogens is 384 g/mol. The van der Waals surface area contributed by atoms with Crippen molar-refractivity contribution < 1.29 is 23.4 Å². The van der Waals surface area contributed by atoms with Crippen LogP contribution in [0.5, 0.6) is 17.2 Å². The first-order chi connectivity index (χ1) is 14.4. The number of carbonyl (C=O) groups is 1. The van der Waals surface area contributed by atoms with Crippen LogP contribution in [0.1, 0.15) is 37.8 Å². The van der Waals surface area contributed by atoms with E-state index in [4.69, 9.17) is 18.6 Å². The van der Waals surface area contributed by atoms with Crippen LogP contribution in [0.25, 0.3) is 11.1 Å². The molecule has 0 radical (unpaired) electrons. The van der Waals surface area contributed by atoms with Crippen LogP contribution < -0.4 is 19.5 Å². The lowest BCUT2D eigenvalue weighted by Crippen LogP contribution is -2.31. The summed E-state index contributed by atoms with van der Waals surface area (Å²) in [6.45, 7) is 4.20. The van der Waals surface area contributed by atoms with E-state index in [2.05, 4.69) is 24.1 Å². The van der Waals surface area contributed by atoms with E-state index in [-0.39, 0.29) is 18.4 Å². The molecule has 160 valence electrons.